The molecule has 10 heteroatoms. The molecule has 0 bridgehead atoms. The molecule has 36 heavy (non-hydrogen) atoms. The highest BCUT2D eigenvalue weighted by molar-refractivity contribution is 7.99. The third kappa shape index (κ3) is 6.25. The van der Waals surface area contributed by atoms with E-state index in [-0.39, 0.29) is 11.4 Å². The van der Waals surface area contributed by atoms with Crippen molar-refractivity contribution < 1.29 is 22.7 Å². The highest BCUT2D eigenvalue weighted by Gasteiger charge is 2.33. The third-order valence-electron chi connectivity index (χ3n) is 5.35. The van der Waals surface area contributed by atoms with E-state index in [4.69, 9.17) is 4.74 Å². The molecule has 1 amide bonds. The van der Waals surface area contributed by atoms with Crippen LogP contribution in [0.1, 0.15) is 17.0 Å². The summed E-state index contributed by atoms with van der Waals surface area (Å²) in [7, 11) is 1.58. The van der Waals surface area contributed by atoms with Crippen molar-refractivity contribution in [2.24, 2.45) is 0 Å². The Bertz CT molecular complexity index is 1310. The maximum absolute atomic E-state index is 13.3. The molecule has 3 aromatic carbocycles. The van der Waals surface area contributed by atoms with Gasteiger partial charge in [0.15, 0.2) is 5.16 Å². The van der Waals surface area contributed by atoms with Crippen molar-refractivity contribution in [3.63, 3.8) is 0 Å². The van der Waals surface area contributed by atoms with Crippen LogP contribution in [0.25, 0.3) is 5.69 Å². The zero-order valence-corrected chi connectivity index (χ0v) is 20.1. The number of ether oxygens (including phenoxy) is 1. The second kappa shape index (κ2) is 11.3. The number of carbonyl (C=O) groups is 1. The number of nitrogens with one attached hydrogen (secondary N) is 1. The van der Waals surface area contributed by atoms with Crippen LogP contribution in [0.5, 0.6) is 5.75 Å². The monoisotopic (exact) mass is 512 g/mol. The molecule has 0 unspecified atom stereocenters. The summed E-state index contributed by atoms with van der Waals surface area (Å²) in [5.74, 6) is 0.676. The number of hydrogen-bond acceptors (Lipinski definition) is 5. The number of aryl methyl sites for hydroxylation is 2. The van der Waals surface area contributed by atoms with Gasteiger partial charge in [0, 0.05) is 12.1 Å². The highest BCUT2D eigenvalue weighted by atomic mass is 32.2. The van der Waals surface area contributed by atoms with Crippen molar-refractivity contribution in [1.29, 1.82) is 0 Å². The Kier molecular flexibility index (Phi) is 7.94. The predicted molar refractivity (Wildman–Crippen MR) is 133 cm³/mol. The zero-order valence-electron chi connectivity index (χ0n) is 19.3. The van der Waals surface area contributed by atoms with E-state index in [1.54, 1.807) is 7.11 Å². The topological polar surface area (TPSA) is 69.0 Å². The molecule has 1 heterocycles. The molecule has 0 aliphatic carbocycles. The third-order valence-corrected chi connectivity index (χ3v) is 6.28. The first kappa shape index (κ1) is 25.3. The average molecular weight is 513 g/mol. The molecule has 0 radical (unpaired) electrons. The van der Waals surface area contributed by atoms with Crippen LogP contribution in [0.3, 0.4) is 0 Å². The Labute approximate surface area is 210 Å². The van der Waals surface area contributed by atoms with Gasteiger partial charge in [-0.05, 0) is 48.4 Å². The summed E-state index contributed by atoms with van der Waals surface area (Å²) >= 11 is 1.10. The number of rotatable bonds is 9. The molecule has 6 nitrogen and oxygen atoms in total. The number of carbonyl (C=O) groups excluding carboxylic acids is 1. The van der Waals surface area contributed by atoms with E-state index in [0.29, 0.717) is 23.2 Å². The van der Waals surface area contributed by atoms with Gasteiger partial charge in [-0.2, -0.15) is 13.2 Å². The van der Waals surface area contributed by atoms with E-state index in [1.807, 2.05) is 59.2 Å². The number of halogens is 3. The normalized spacial score (nSPS) is 11.3. The highest BCUT2D eigenvalue weighted by Crippen LogP contribution is 2.34. The Morgan fingerprint density at radius 2 is 1.64 bits per heavy atom. The standard InChI is InChI=1S/C26H23F3N4O2S/c1-35-20-14-12-19(13-15-20)33-23(16-11-18-7-3-2-4-8-18)31-32-25(33)36-17-24(34)30-22-10-6-5-9-21(22)26(27,28)29/h2-10,12-15H,11,16-17H2,1H3,(H,30,34). The number of para-hydroxylation sites is 1. The number of alkyl halides is 3. The predicted octanol–water partition coefficient (Wildman–Crippen LogP) is 5.81. The van der Waals surface area contributed by atoms with E-state index in [9.17, 15) is 18.0 Å². The molecule has 0 saturated heterocycles. The van der Waals surface area contributed by atoms with E-state index in [2.05, 4.69) is 15.5 Å². The first-order chi connectivity index (χ1) is 17.3. The molecule has 4 rings (SSSR count). The first-order valence-electron chi connectivity index (χ1n) is 11.1. The van der Waals surface area contributed by atoms with Gasteiger partial charge in [0.1, 0.15) is 11.6 Å². The number of benzene rings is 3. The molecular formula is C26H23F3N4O2S. The van der Waals surface area contributed by atoms with Gasteiger partial charge in [0.2, 0.25) is 5.91 Å². The van der Waals surface area contributed by atoms with Crippen LogP contribution in [0.15, 0.2) is 84.0 Å². The molecule has 4 aromatic rings. The Hall–Kier alpha value is -3.79. The van der Waals surface area contributed by atoms with Crippen molar-refractivity contribution in [1.82, 2.24) is 14.8 Å². The van der Waals surface area contributed by atoms with Gasteiger partial charge in [-0.1, -0.05) is 54.2 Å². The van der Waals surface area contributed by atoms with Crippen LogP contribution in [0, 0.1) is 0 Å². The lowest BCUT2D eigenvalue weighted by Crippen LogP contribution is -2.18. The summed E-state index contributed by atoms with van der Waals surface area (Å²) in [6.45, 7) is 0. The Balaban J connectivity index is 1.53. The molecule has 0 aliphatic heterocycles. The van der Waals surface area contributed by atoms with Crippen molar-refractivity contribution in [3.8, 4) is 11.4 Å². The van der Waals surface area contributed by atoms with E-state index in [1.165, 1.54) is 18.2 Å². The van der Waals surface area contributed by atoms with E-state index >= 15 is 0 Å². The summed E-state index contributed by atoms with van der Waals surface area (Å²) < 4.78 is 46.9. The van der Waals surface area contributed by atoms with Crippen molar-refractivity contribution in [2.75, 3.05) is 18.2 Å². The number of aromatic nitrogens is 3. The van der Waals surface area contributed by atoms with Gasteiger partial charge in [-0.25, -0.2) is 0 Å². The molecular weight excluding hydrogens is 489 g/mol. The minimum absolute atomic E-state index is 0.140. The maximum atomic E-state index is 13.3. The fourth-order valence-electron chi connectivity index (χ4n) is 3.60. The van der Waals surface area contributed by atoms with Crippen LogP contribution in [-0.4, -0.2) is 33.5 Å². The number of hydrogen-bond donors (Lipinski definition) is 1. The quantitative estimate of drug-likeness (QED) is 0.287. The minimum Gasteiger partial charge on any atom is -0.497 e. The fraction of sp³-hybridized carbons (Fsp3) is 0.192. The molecule has 1 aromatic heterocycles. The van der Waals surface area contributed by atoms with Gasteiger partial charge < -0.3 is 10.1 Å². The van der Waals surface area contributed by atoms with E-state index in [0.717, 1.165) is 35.5 Å². The summed E-state index contributed by atoms with van der Waals surface area (Å²) in [4.78, 5) is 12.5. The lowest BCUT2D eigenvalue weighted by atomic mass is 10.1. The smallest absolute Gasteiger partial charge is 0.418 e. The van der Waals surface area contributed by atoms with Gasteiger partial charge in [-0.3, -0.25) is 9.36 Å². The number of thioether (sulfide) groups is 1. The lowest BCUT2D eigenvalue weighted by Gasteiger charge is -2.14. The Morgan fingerprint density at radius 1 is 0.944 bits per heavy atom. The first-order valence-corrected chi connectivity index (χ1v) is 12.0. The second-order valence-electron chi connectivity index (χ2n) is 7.80. The molecule has 0 saturated carbocycles. The van der Waals surface area contributed by atoms with Crippen LogP contribution in [0.2, 0.25) is 0 Å². The van der Waals surface area contributed by atoms with Crippen LogP contribution < -0.4 is 10.1 Å². The summed E-state index contributed by atoms with van der Waals surface area (Å²) in [5, 5.41) is 11.4. The van der Waals surface area contributed by atoms with Crippen molar-refractivity contribution in [3.05, 3.63) is 95.8 Å². The molecule has 1 N–H and O–H groups in total. The number of methoxy groups -OCH3 is 1. The molecule has 0 spiro atoms. The van der Waals surface area contributed by atoms with Crippen LogP contribution in [0.4, 0.5) is 18.9 Å². The lowest BCUT2D eigenvalue weighted by molar-refractivity contribution is -0.137. The second-order valence-corrected chi connectivity index (χ2v) is 8.74. The zero-order chi connectivity index (χ0) is 25.5. The van der Waals surface area contributed by atoms with Crippen molar-refractivity contribution >= 4 is 23.4 Å². The number of nitrogens with zero attached hydrogens (tertiary/aromatic N) is 3. The average Bonchev–Trinajstić information content (AvgIpc) is 3.29. The van der Waals surface area contributed by atoms with Crippen LogP contribution >= 0.6 is 11.8 Å². The summed E-state index contributed by atoms with van der Waals surface area (Å²) in [5.41, 5.74) is 0.761. The minimum atomic E-state index is -4.57. The number of anilines is 1. The summed E-state index contributed by atoms with van der Waals surface area (Å²) in [6, 6.07) is 22.2. The maximum Gasteiger partial charge on any atom is 0.418 e. The SMILES string of the molecule is COc1ccc(-n2c(CCc3ccccc3)nnc2SCC(=O)Nc2ccccc2C(F)(F)F)cc1. The van der Waals surface area contributed by atoms with Crippen LogP contribution in [-0.2, 0) is 23.8 Å². The molecule has 0 atom stereocenters. The summed E-state index contributed by atoms with van der Waals surface area (Å²) in [6.07, 6.45) is -3.22. The largest absolute Gasteiger partial charge is 0.497 e. The fourth-order valence-corrected chi connectivity index (χ4v) is 4.37. The number of amides is 1. The van der Waals surface area contributed by atoms with E-state index < -0.39 is 17.6 Å². The molecule has 0 aliphatic rings. The van der Waals surface area contributed by atoms with Crippen molar-refractivity contribution in [2.45, 2.75) is 24.2 Å². The Morgan fingerprint density at radius 3 is 2.33 bits per heavy atom. The van der Waals surface area contributed by atoms with Gasteiger partial charge >= 0.3 is 6.18 Å². The molecule has 186 valence electrons. The van der Waals surface area contributed by atoms with Gasteiger partial charge in [0.25, 0.3) is 0 Å². The van der Waals surface area contributed by atoms with Gasteiger partial charge in [0.05, 0.1) is 24.1 Å². The molecule has 0 fully saturated rings. The van der Waals surface area contributed by atoms with Gasteiger partial charge in [-0.15, -0.1) is 10.2 Å².